The van der Waals surface area contributed by atoms with Gasteiger partial charge in [-0.15, -0.1) is 34.2 Å². The summed E-state index contributed by atoms with van der Waals surface area (Å²) in [6.07, 6.45) is 7.33. The van der Waals surface area contributed by atoms with Gasteiger partial charge in [-0.25, -0.2) is 4.98 Å². The van der Waals surface area contributed by atoms with E-state index in [2.05, 4.69) is 35.4 Å². The Morgan fingerprint density at radius 3 is 2.88 bits per heavy atom. The van der Waals surface area contributed by atoms with E-state index >= 15 is 0 Å². The summed E-state index contributed by atoms with van der Waals surface area (Å²) in [5.74, 6) is 2.84. The highest BCUT2D eigenvalue weighted by molar-refractivity contribution is 14.0. The number of hydrogen-bond acceptors (Lipinski definition) is 4. The summed E-state index contributed by atoms with van der Waals surface area (Å²) in [6, 6.07) is 3.79. The number of aliphatic imine (C=N–C) groups is 1. The van der Waals surface area contributed by atoms with Crippen LogP contribution in [0.25, 0.3) is 0 Å². The smallest absolute Gasteiger partial charge is 0.191 e. The van der Waals surface area contributed by atoms with Crippen molar-refractivity contribution in [1.29, 1.82) is 0 Å². The minimum atomic E-state index is 0. The van der Waals surface area contributed by atoms with E-state index in [1.165, 1.54) is 19.3 Å². The van der Waals surface area contributed by atoms with Gasteiger partial charge in [-0.1, -0.05) is 24.1 Å². The molecule has 7 nitrogen and oxygen atoms in total. The van der Waals surface area contributed by atoms with Crippen LogP contribution in [-0.4, -0.2) is 39.3 Å². The molecule has 142 valence electrons. The van der Waals surface area contributed by atoms with Crippen LogP contribution in [0.1, 0.15) is 36.5 Å². The van der Waals surface area contributed by atoms with Crippen LogP contribution >= 0.6 is 35.6 Å². The predicted molar refractivity (Wildman–Crippen MR) is 114 cm³/mol. The molecule has 2 aromatic heterocycles. The van der Waals surface area contributed by atoms with Gasteiger partial charge in [0.05, 0.1) is 6.54 Å². The second-order valence-corrected chi connectivity index (χ2v) is 6.47. The van der Waals surface area contributed by atoms with Crippen LogP contribution in [-0.2, 0) is 25.9 Å². The largest absolute Gasteiger partial charge is 0.356 e. The second kappa shape index (κ2) is 10.7. The van der Waals surface area contributed by atoms with Crippen LogP contribution in [0.15, 0.2) is 23.3 Å². The molecule has 9 heteroatoms. The average molecular weight is 490 g/mol. The molecule has 0 bridgehead atoms. The van der Waals surface area contributed by atoms with Crippen LogP contribution < -0.4 is 10.6 Å². The van der Waals surface area contributed by atoms with E-state index < -0.39 is 0 Å². The molecule has 0 saturated carbocycles. The SMILES string of the molecule is CN=C(NCCc1ccc(Cl)nc1)NCc1nnc2n1CCCCC2.I. The normalized spacial score (nSPS) is 14.2. The summed E-state index contributed by atoms with van der Waals surface area (Å²) >= 11 is 5.80. The fraction of sp³-hybridized carbons (Fsp3) is 0.529. The van der Waals surface area contributed by atoms with Gasteiger partial charge in [0.25, 0.3) is 0 Å². The summed E-state index contributed by atoms with van der Waals surface area (Å²) in [5.41, 5.74) is 1.13. The van der Waals surface area contributed by atoms with E-state index in [0.29, 0.717) is 11.7 Å². The van der Waals surface area contributed by atoms with Crippen molar-refractivity contribution in [2.45, 2.75) is 45.2 Å². The van der Waals surface area contributed by atoms with Crippen LogP contribution in [0.2, 0.25) is 5.15 Å². The summed E-state index contributed by atoms with van der Waals surface area (Å²) in [4.78, 5) is 8.35. The molecule has 0 fully saturated rings. The highest BCUT2D eigenvalue weighted by atomic mass is 127. The molecule has 0 radical (unpaired) electrons. The number of halogens is 2. The predicted octanol–water partition coefficient (Wildman–Crippen LogP) is 2.58. The van der Waals surface area contributed by atoms with Crippen molar-refractivity contribution < 1.29 is 0 Å². The third-order valence-corrected chi connectivity index (χ3v) is 4.54. The van der Waals surface area contributed by atoms with E-state index in [0.717, 1.165) is 49.1 Å². The monoisotopic (exact) mass is 489 g/mol. The lowest BCUT2D eigenvalue weighted by Crippen LogP contribution is -2.38. The van der Waals surface area contributed by atoms with Gasteiger partial charge in [0.1, 0.15) is 11.0 Å². The Morgan fingerprint density at radius 1 is 1.23 bits per heavy atom. The Bertz CT molecular complexity index is 714. The maximum Gasteiger partial charge on any atom is 0.191 e. The van der Waals surface area contributed by atoms with Gasteiger partial charge in [0.2, 0.25) is 0 Å². The van der Waals surface area contributed by atoms with Crippen molar-refractivity contribution >= 4 is 41.5 Å². The molecule has 3 heterocycles. The summed E-state index contributed by atoms with van der Waals surface area (Å²) < 4.78 is 2.24. The fourth-order valence-corrected chi connectivity index (χ4v) is 3.05. The maximum atomic E-state index is 5.80. The molecule has 2 aromatic rings. The van der Waals surface area contributed by atoms with Crippen molar-refractivity contribution in [2.24, 2.45) is 4.99 Å². The molecule has 0 atom stereocenters. The number of guanidine groups is 1. The lowest BCUT2D eigenvalue weighted by molar-refractivity contribution is 0.596. The number of fused-ring (bicyclic) bond motifs is 1. The summed E-state index contributed by atoms with van der Waals surface area (Å²) in [7, 11) is 1.77. The van der Waals surface area contributed by atoms with Crippen LogP contribution in [0.3, 0.4) is 0 Å². The summed E-state index contributed by atoms with van der Waals surface area (Å²) in [6.45, 7) is 2.39. The van der Waals surface area contributed by atoms with Crippen LogP contribution in [0.4, 0.5) is 0 Å². The van der Waals surface area contributed by atoms with Gasteiger partial charge < -0.3 is 15.2 Å². The molecule has 3 rings (SSSR count). The minimum absolute atomic E-state index is 0. The number of pyridine rings is 1. The van der Waals surface area contributed by atoms with E-state index in [9.17, 15) is 0 Å². The Kier molecular flexibility index (Phi) is 8.56. The molecule has 0 aliphatic carbocycles. The molecular weight excluding hydrogens is 465 g/mol. The zero-order valence-corrected chi connectivity index (χ0v) is 18.0. The van der Waals surface area contributed by atoms with Gasteiger partial charge in [0, 0.05) is 32.8 Å². The van der Waals surface area contributed by atoms with Gasteiger partial charge >= 0.3 is 0 Å². The topological polar surface area (TPSA) is 80.0 Å². The van der Waals surface area contributed by atoms with Crippen molar-refractivity contribution in [3.05, 3.63) is 40.7 Å². The molecule has 0 unspecified atom stereocenters. The molecule has 0 amide bonds. The van der Waals surface area contributed by atoms with Gasteiger partial charge in [-0.2, -0.15) is 0 Å². The Labute approximate surface area is 176 Å². The molecule has 0 saturated heterocycles. The third-order valence-electron chi connectivity index (χ3n) is 4.32. The van der Waals surface area contributed by atoms with Gasteiger partial charge in [0.15, 0.2) is 11.8 Å². The highest BCUT2D eigenvalue weighted by Crippen LogP contribution is 2.14. The first-order valence-corrected chi connectivity index (χ1v) is 9.10. The first-order chi connectivity index (χ1) is 12.3. The molecule has 2 N–H and O–H groups in total. The Balaban J connectivity index is 0.00000243. The van der Waals surface area contributed by atoms with Crippen molar-refractivity contribution in [3.8, 4) is 0 Å². The number of nitrogens with one attached hydrogen (secondary N) is 2. The fourth-order valence-electron chi connectivity index (χ4n) is 2.94. The average Bonchev–Trinajstić information content (AvgIpc) is 2.86. The number of hydrogen-bond donors (Lipinski definition) is 2. The van der Waals surface area contributed by atoms with Crippen molar-refractivity contribution in [2.75, 3.05) is 13.6 Å². The van der Waals surface area contributed by atoms with E-state index in [-0.39, 0.29) is 24.0 Å². The molecule has 1 aliphatic heterocycles. The molecular formula is C17H25ClIN7. The van der Waals surface area contributed by atoms with Crippen molar-refractivity contribution in [3.63, 3.8) is 0 Å². The van der Waals surface area contributed by atoms with E-state index in [1.54, 1.807) is 19.3 Å². The van der Waals surface area contributed by atoms with Crippen molar-refractivity contribution in [1.82, 2.24) is 30.4 Å². The Hall–Kier alpha value is -1.42. The van der Waals surface area contributed by atoms with E-state index in [1.807, 2.05) is 6.07 Å². The van der Waals surface area contributed by atoms with E-state index in [4.69, 9.17) is 11.6 Å². The first kappa shape index (κ1) is 20.9. The number of aryl methyl sites for hydroxylation is 1. The zero-order valence-electron chi connectivity index (χ0n) is 14.9. The third kappa shape index (κ3) is 5.80. The minimum Gasteiger partial charge on any atom is -0.356 e. The molecule has 0 spiro atoms. The first-order valence-electron chi connectivity index (χ1n) is 8.72. The number of nitrogens with zero attached hydrogens (tertiary/aromatic N) is 5. The summed E-state index contributed by atoms with van der Waals surface area (Å²) in [5, 5.41) is 15.8. The maximum absolute atomic E-state index is 5.80. The van der Waals surface area contributed by atoms with Crippen LogP contribution in [0, 0.1) is 0 Å². The second-order valence-electron chi connectivity index (χ2n) is 6.09. The zero-order chi connectivity index (χ0) is 17.5. The highest BCUT2D eigenvalue weighted by Gasteiger charge is 2.14. The Morgan fingerprint density at radius 2 is 2.12 bits per heavy atom. The number of aromatic nitrogens is 4. The van der Waals surface area contributed by atoms with Gasteiger partial charge in [-0.3, -0.25) is 4.99 Å². The molecule has 1 aliphatic rings. The molecule has 0 aromatic carbocycles. The quantitative estimate of drug-likeness (QED) is 0.292. The standard InChI is InChI=1S/C17H24ClN7.HI/c1-19-17(20-9-8-13-6-7-14(18)21-11-13)22-12-16-24-23-15-5-3-2-4-10-25(15)16;/h6-7,11H,2-5,8-10,12H2,1H3,(H2,19,20,22);1H. The van der Waals surface area contributed by atoms with Crippen LogP contribution in [0.5, 0.6) is 0 Å². The van der Waals surface area contributed by atoms with Gasteiger partial charge in [-0.05, 0) is 30.9 Å². The lowest BCUT2D eigenvalue weighted by atomic mass is 10.2. The lowest BCUT2D eigenvalue weighted by Gasteiger charge is -2.12. The molecule has 26 heavy (non-hydrogen) atoms. The number of rotatable bonds is 5.